The van der Waals surface area contributed by atoms with Gasteiger partial charge in [0.2, 0.25) is 0 Å². The molecule has 0 saturated heterocycles. The number of rotatable bonds is 6. The lowest BCUT2D eigenvalue weighted by molar-refractivity contribution is -0.140. The van der Waals surface area contributed by atoms with Crippen LogP contribution in [-0.4, -0.2) is 18.3 Å². The van der Waals surface area contributed by atoms with Crippen LogP contribution in [-0.2, 0) is 6.18 Å². The first-order valence-electron chi connectivity index (χ1n) is 6.47. The highest BCUT2D eigenvalue weighted by Crippen LogP contribution is 2.32. The van der Waals surface area contributed by atoms with Crippen LogP contribution in [0.1, 0.15) is 35.7 Å². The van der Waals surface area contributed by atoms with Crippen LogP contribution >= 0.6 is 11.6 Å². The number of carbonyl (C=O) groups excluding carboxylic acids is 1. The van der Waals surface area contributed by atoms with E-state index in [2.05, 4.69) is 5.32 Å². The summed E-state index contributed by atoms with van der Waals surface area (Å²) in [7, 11) is 0. The SMILES string of the molecule is CC(CCl)CCCNC(=O)c1cccc(C(F)(F)F)c1F. The predicted octanol–water partition coefficient (Wildman–Crippen LogP) is 4.23. The van der Waals surface area contributed by atoms with Gasteiger partial charge in [0.25, 0.3) is 5.91 Å². The highest BCUT2D eigenvalue weighted by Gasteiger charge is 2.35. The zero-order valence-electron chi connectivity index (χ0n) is 11.4. The molecule has 0 aliphatic heterocycles. The van der Waals surface area contributed by atoms with E-state index in [1.807, 2.05) is 6.92 Å². The summed E-state index contributed by atoms with van der Waals surface area (Å²) in [4.78, 5) is 11.7. The Morgan fingerprint density at radius 3 is 2.62 bits per heavy atom. The highest BCUT2D eigenvalue weighted by atomic mass is 35.5. The van der Waals surface area contributed by atoms with E-state index >= 15 is 0 Å². The third-order valence-electron chi connectivity index (χ3n) is 2.97. The van der Waals surface area contributed by atoms with Crippen LogP contribution in [0.2, 0.25) is 0 Å². The van der Waals surface area contributed by atoms with E-state index in [0.717, 1.165) is 18.6 Å². The predicted molar refractivity (Wildman–Crippen MR) is 72.9 cm³/mol. The van der Waals surface area contributed by atoms with Crippen molar-refractivity contribution in [1.82, 2.24) is 5.32 Å². The molecule has 1 aromatic carbocycles. The largest absolute Gasteiger partial charge is 0.419 e. The summed E-state index contributed by atoms with van der Waals surface area (Å²) < 4.78 is 51.3. The number of nitrogens with one attached hydrogen (secondary N) is 1. The first-order valence-corrected chi connectivity index (χ1v) is 7.00. The summed E-state index contributed by atoms with van der Waals surface area (Å²) in [6, 6.07) is 2.64. The number of amides is 1. The van der Waals surface area contributed by atoms with Gasteiger partial charge in [-0.3, -0.25) is 4.79 Å². The standard InChI is InChI=1S/C14H16ClF4NO/c1-9(8-15)4-3-7-20-13(21)10-5-2-6-11(12(10)16)14(17,18)19/h2,5-6,9H,3-4,7-8H2,1H3,(H,20,21). The Bertz CT molecular complexity index is 490. The van der Waals surface area contributed by atoms with Gasteiger partial charge in [0.1, 0.15) is 5.82 Å². The fourth-order valence-electron chi connectivity index (χ4n) is 1.75. The maximum absolute atomic E-state index is 13.7. The van der Waals surface area contributed by atoms with Crippen molar-refractivity contribution in [2.45, 2.75) is 25.9 Å². The maximum atomic E-state index is 13.7. The number of hydrogen-bond donors (Lipinski definition) is 1. The highest BCUT2D eigenvalue weighted by molar-refractivity contribution is 6.18. The minimum absolute atomic E-state index is 0.260. The molecule has 1 amide bonds. The van der Waals surface area contributed by atoms with Gasteiger partial charge in [0, 0.05) is 12.4 Å². The summed E-state index contributed by atoms with van der Waals surface area (Å²) in [5.74, 6) is -1.61. The molecule has 0 aromatic heterocycles. The summed E-state index contributed by atoms with van der Waals surface area (Å²) in [5.41, 5.74) is -2.04. The van der Waals surface area contributed by atoms with Gasteiger partial charge in [-0.25, -0.2) is 4.39 Å². The van der Waals surface area contributed by atoms with E-state index in [-0.39, 0.29) is 12.5 Å². The van der Waals surface area contributed by atoms with Gasteiger partial charge in [-0.15, -0.1) is 11.6 Å². The van der Waals surface area contributed by atoms with Crippen LogP contribution in [0.5, 0.6) is 0 Å². The van der Waals surface area contributed by atoms with Crippen LogP contribution in [0.15, 0.2) is 18.2 Å². The number of hydrogen-bond acceptors (Lipinski definition) is 1. The Balaban J connectivity index is 2.67. The Labute approximate surface area is 125 Å². The third kappa shape index (κ3) is 5.19. The van der Waals surface area contributed by atoms with Crippen molar-refractivity contribution in [2.24, 2.45) is 5.92 Å². The molecular formula is C14H16ClF4NO. The number of carbonyl (C=O) groups is 1. The lowest BCUT2D eigenvalue weighted by Crippen LogP contribution is -2.26. The molecule has 0 aliphatic carbocycles. The number of benzene rings is 1. The zero-order chi connectivity index (χ0) is 16.0. The molecule has 0 saturated carbocycles. The molecule has 0 spiro atoms. The summed E-state index contributed by atoms with van der Waals surface area (Å²) in [5, 5.41) is 2.41. The Morgan fingerprint density at radius 2 is 2.05 bits per heavy atom. The molecule has 0 heterocycles. The van der Waals surface area contributed by atoms with Crippen LogP contribution in [0.25, 0.3) is 0 Å². The third-order valence-corrected chi connectivity index (χ3v) is 3.50. The molecule has 1 rings (SSSR count). The second-order valence-electron chi connectivity index (χ2n) is 4.82. The lowest BCUT2D eigenvalue weighted by Gasteiger charge is -2.12. The molecule has 1 atom stereocenters. The summed E-state index contributed by atoms with van der Waals surface area (Å²) >= 11 is 5.63. The minimum Gasteiger partial charge on any atom is -0.352 e. The Hall–Kier alpha value is -1.30. The van der Waals surface area contributed by atoms with Crippen molar-refractivity contribution in [3.63, 3.8) is 0 Å². The smallest absolute Gasteiger partial charge is 0.352 e. The van der Waals surface area contributed by atoms with Gasteiger partial charge in [0.15, 0.2) is 0 Å². The molecule has 1 unspecified atom stereocenters. The molecule has 0 fully saturated rings. The Morgan fingerprint density at radius 1 is 1.38 bits per heavy atom. The minimum atomic E-state index is -4.82. The number of halogens is 5. The summed E-state index contributed by atoms with van der Waals surface area (Å²) in [6.45, 7) is 2.21. The van der Waals surface area contributed by atoms with Crippen LogP contribution in [0.4, 0.5) is 17.6 Å². The van der Waals surface area contributed by atoms with E-state index in [4.69, 9.17) is 11.6 Å². The van der Waals surface area contributed by atoms with Gasteiger partial charge >= 0.3 is 6.18 Å². The van der Waals surface area contributed by atoms with E-state index < -0.39 is 29.0 Å². The van der Waals surface area contributed by atoms with Crippen LogP contribution in [0, 0.1) is 11.7 Å². The van der Waals surface area contributed by atoms with Crippen molar-refractivity contribution in [3.8, 4) is 0 Å². The van der Waals surface area contributed by atoms with Crippen molar-refractivity contribution in [3.05, 3.63) is 35.1 Å². The molecule has 1 N–H and O–H groups in total. The van der Waals surface area contributed by atoms with E-state index in [1.165, 1.54) is 0 Å². The van der Waals surface area contributed by atoms with Crippen molar-refractivity contribution in [2.75, 3.05) is 12.4 Å². The first-order chi connectivity index (χ1) is 9.77. The quantitative estimate of drug-likeness (QED) is 0.473. The number of alkyl halides is 4. The van der Waals surface area contributed by atoms with Gasteiger partial charge in [0.05, 0.1) is 11.1 Å². The molecule has 7 heteroatoms. The topological polar surface area (TPSA) is 29.1 Å². The zero-order valence-corrected chi connectivity index (χ0v) is 12.2. The molecule has 0 radical (unpaired) electrons. The normalized spacial score (nSPS) is 13.0. The summed E-state index contributed by atoms with van der Waals surface area (Å²) in [6.07, 6.45) is -3.43. The van der Waals surface area contributed by atoms with Crippen LogP contribution in [0.3, 0.4) is 0 Å². The first kappa shape index (κ1) is 17.8. The second-order valence-corrected chi connectivity index (χ2v) is 5.13. The van der Waals surface area contributed by atoms with E-state index in [0.29, 0.717) is 18.4 Å². The van der Waals surface area contributed by atoms with Crippen molar-refractivity contribution < 1.29 is 22.4 Å². The molecule has 21 heavy (non-hydrogen) atoms. The fraction of sp³-hybridized carbons (Fsp3) is 0.500. The van der Waals surface area contributed by atoms with E-state index in [1.54, 1.807) is 0 Å². The molecule has 0 bridgehead atoms. The molecule has 118 valence electrons. The molecule has 1 aromatic rings. The van der Waals surface area contributed by atoms with Crippen molar-refractivity contribution >= 4 is 17.5 Å². The molecule has 2 nitrogen and oxygen atoms in total. The van der Waals surface area contributed by atoms with Crippen LogP contribution < -0.4 is 5.32 Å². The molecule has 0 aliphatic rings. The second kappa shape index (κ2) is 7.64. The Kier molecular flexibility index (Phi) is 6.45. The van der Waals surface area contributed by atoms with Gasteiger partial charge < -0.3 is 5.32 Å². The fourth-order valence-corrected chi connectivity index (χ4v) is 1.91. The van der Waals surface area contributed by atoms with Gasteiger partial charge in [-0.1, -0.05) is 13.0 Å². The maximum Gasteiger partial charge on any atom is 0.419 e. The van der Waals surface area contributed by atoms with Crippen molar-refractivity contribution in [1.29, 1.82) is 0 Å². The average Bonchev–Trinajstić information content (AvgIpc) is 2.41. The lowest BCUT2D eigenvalue weighted by atomic mass is 10.1. The van der Waals surface area contributed by atoms with E-state index in [9.17, 15) is 22.4 Å². The van der Waals surface area contributed by atoms with Gasteiger partial charge in [-0.05, 0) is 30.9 Å². The average molecular weight is 326 g/mol. The molecular weight excluding hydrogens is 310 g/mol. The monoisotopic (exact) mass is 325 g/mol. The van der Waals surface area contributed by atoms with Gasteiger partial charge in [-0.2, -0.15) is 13.2 Å².